The minimum absolute atomic E-state index is 1.06. The molecule has 0 N–H and O–H groups in total. The van der Waals surface area contributed by atoms with Crippen LogP contribution in [0.2, 0.25) is 0 Å². The Labute approximate surface area is 90.5 Å². The van der Waals surface area contributed by atoms with Crippen molar-refractivity contribution in [3.63, 3.8) is 0 Å². The average molecular weight is 197 g/mol. The van der Waals surface area contributed by atoms with Crippen LogP contribution in [0.4, 0.5) is 0 Å². The highest BCUT2D eigenvalue weighted by molar-refractivity contribution is 5.15. The number of hydrogen-bond acceptors (Lipinski definition) is 1. The minimum atomic E-state index is 1.06. The van der Waals surface area contributed by atoms with Crippen LogP contribution in [-0.4, -0.2) is 18.5 Å². The molecule has 0 saturated heterocycles. The zero-order valence-electron chi connectivity index (χ0n) is 11.0. The van der Waals surface area contributed by atoms with Gasteiger partial charge >= 0.3 is 0 Å². The molecule has 0 radical (unpaired) electrons. The maximum Gasteiger partial charge on any atom is 0.0353 e. The van der Waals surface area contributed by atoms with E-state index in [2.05, 4.69) is 37.9 Å². The van der Waals surface area contributed by atoms with E-state index < -0.39 is 0 Å². The van der Waals surface area contributed by atoms with Crippen LogP contribution in [0.1, 0.15) is 48.0 Å². The first kappa shape index (κ1) is 15.7. The van der Waals surface area contributed by atoms with E-state index >= 15 is 0 Å². The van der Waals surface area contributed by atoms with Crippen molar-refractivity contribution >= 4 is 0 Å². The summed E-state index contributed by atoms with van der Waals surface area (Å²) in [5, 5.41) is 0. The number of hydrogen-bond donors (Lipinski definition) is 0. The van der Waals surface area contributed by atoms with E-state index in [1.54, 1.807) is 0 Å². The van der Waals surface area contributed by atoms with Crippen molar-refractivity contribution in [2.45, 2.75) is 48.0 Å². The smallest absolute Gasteiger partial charge is 0.0353 e. The molecule has 0 spiro atoms. The Bertz CT molecular complexity index is 178. The van der Waals surface area contributed by atoms with Gasteiger partial charge in [0.2, 0.25) is 0 Å². The zero-order valence-corrected chi connectivity index (χ0v) is 11.0. The molecule has 1 aliphatic rings. The predicted octanol–water partition coefficient (Wildman–Crippen LogP) is 4.22. The molecule has 84 valence electrons. The molecule has 0 unspecified atom stereocenters. The Balaban J connectivity index is 0. The third kappa shape index (κ3) is 5.85. The van der Waals surface area contributed by atoms with Gasteiger partial charge in [-0.2, -0.15) is 0 Å². The molecule has 0 bridgehead atoms. The van der Waals surface area contributed by atoms with E-state index in [-0.39, 0.29) is 0 Å². The van der Waals surface area contributed by atoms with Gasteiger partial charge in [0.1, 0.15) is 0 Å². The van der Waals surface area contributed by atoms with Crippen LogP contribution in [-0.2, 0) is 0 Å². The molecular formula is C13H27N. The standard InChI is InChI=1S/C9H15N.2C2H6/c1-8-6-4-5-7-10(3)9(8)2;2*1-2/h4-5H,6-7H2,1-3H3;2*1-2H3. The van der Waals surface area contributed by atoms with Crippen molar-refractivity contribution < 1.29 is 0 Å². The minimum Gasteiger partial charge on any atom is -0.374 e. The first-order chi connectivity index (χ1) is 6.72. The second-order valence-electron chi connectivity index (χ2n) is 2.92. The maximum absolute atomic E-state index is 2.28. The molecule has 0 fully saturated rings. The van der Waals surface area contributed by atoms with Gasteiger partial charge in [-0.05, 0) is 20.3 Å². The summed E-state index contributed by atoms with van der Waals surface area (Å²) < 4.78 is 0. The van der Waals surface area contributed by atoms with Crippen LogP contribution in [0.15, 0.2) is 23.4 Å². The van der Waals surface area contributed by atoms with Crippen LogP contribution in [0.3, 0.4) is 0 Å². The molecule has 0 aliphatic carbocycles. The van der Waals surface area contributed by atoms with Gasteiger partial charge in [-0.3, -0.25) is 0 Å². The van der Waals surface area contributed by atoms with E-state index in [4.69, 9.17) is 0 Å². The monoisotopic (exact) mass is 197 g/mol. The van der Waals surface area contributed by atoms with E-state index in [0.717, 1.165) is 13.0 Å². The van der Waals surface area contributed by atoms with Crippen molar-refractivity contribution in [2.75, 3.05) is 13.6 Å². The second kappa shape index (κ2) is 10.4. The van der Waals surface area contributed by atoms with Gasteiger partial charge in [-0.25, -0.2) is 0 Å². The molecule has 1 heterocycles. The summed E-state index contributed by atoms with van der Waals surface area (Å²) in [5.41, 5.74) is 2.90. The van der Waals surface area contributed by atoms with Crippen LogP contribution in [0.5, 0.6) is 0 Å². The normalized spacial score (nSPS) is 14.9. The molecule has 0 amide bonds. The molecule has 0 aromatic rings. The Morgan fingerprint density at radius 3 is 2.00 bits per heavy atom. The highest BCUT2D eigenvalue weighted by atomic mass is 15.1. The first-order valence-electron chi connectivity index (χ1n) is 5.74. The summed E-state index contributed by atoms with van der Waals surface area (Å²) in [6.45, 7) is 13.4. The fraction of sp³-hybridized carbons (Fsp3) is 0.692. The topological polar surface area (TPSA) is 3.24 Å². The number of likely N-dealkylation sites (N-methyl/N-ethyl adjacent to an activating group) is 1. The summed E-state index contributed by atoms with van der Waals surface area (Å²) in [6, 6.07) is 0. The molecule has 14 heavy (non-hydrogen) atoms. The molecule has 1 aliphatic heterocycles. The lowest BCUT2D eigenvalue weighted by molar-refractivity contribution is 0.462. The summed E-state index contributed by atoms with van der Waals surface area (Å²) in [5.74, 6) is 0. The predicted molar refractivity (Wildman–Crippen MR) is 67.5 cm³/mol. The molecule has 1 nitrogen and oxygen atoms in total. The van der Waals surface area contributed by atoms with Gasteiger partial charge in [0, 0.05) is 19.3 Å². The fourth-order valence-electron chi connectivity index (χ4n) is 1.10. The maximum atomic E-state index is 2.28. The molecule has 0 atom stereocenters. The van der Waals surface area contributed by atoms with E-state index in [1.165, 1.54) is 11.3 Å². The number of rotatable bonds is 0. The average Bonchev–Trinajstić information content (AvgIpc) is 2.40. The molecule has 0 aromatic heterocycles. The van der Waals surface area contributed by atoms with Crippen LogP contribution in [0, 0.1) is 0 Å². The number of allylic oxidation sites excluding steroid dienone is 3. The van der Waals surface area contributed by atoms with Crippen LogP contribution < -0.4 is 0 Å². The van der Waals surface area contributed by atoms with E-state index in [0.29, 0.717) is 0 Å². The highest BCUT2D eigenvalue weighted by Crippen LogP contribution is 2.14. The van der Waals surface area contributed by atoms with E-state index in [1.807, 2.05) is 27.7 Å². The first-order valence-corrected chi connectivity index (χ1v) is 5.74. The van der Waals surface area contributed by atoms with Gasteiger partial charge in [-0.15, -0.1) is 0 Å². The summed E-state index contributed by atoms with van der Waals surface area (Å²) >= 11 is 0. The Kier molecular flexibility index (Phi) is 11.6. The van der Waals surface area contributed by atoms with Gasteiger partial charge in [0.25, 0.3) is 0 Å². The largest absolute Gasteiger partial charge is 0.374 e. The van der Waals surface area contributed by atoms with Crippen LogP contribution in [0.25, 0.3) is 0 Å². The SMILES string of the molecule is CC.CC.CC1=C(C)N(C)CC=CC1. The van der Waals surface area contributed by atoms with Gasteiger partial charge < -0.3 is 4.90 Å². The molecule has 1 heteroatoms. The summed E-state index contributed by atoms with van der Waals surface area (Å²) in [4.78, 5) is 2.28. The summed E-state index contributed by atoms with van der Waals surface area (Å²) in [6.07, 6.45) is 5.58. The van der Waals surface area contributed by atoms with Crippen molar-refractivity contribution in [2.24, 2.45) is 0 Å². The summed E-state index contributed by atoms with van der Waals surface area (Å²) in [7, 11) is 2.13. The molecule has 1 rings (SSSR count). The Hall–Kier alpha value is -0.720. The van der Waals surface area contributed by atoms with Crippen molar-refractivity contribution in [1.82, 2.24) is 4.90 Å². The molecular weight excluding hydrogens is 170 g/mol. The van der Waals surface area contributed by atoms with E-state index in [9.17, 15) is 0 Å². The van der Waals surface area contributed by atoms with Crippen molar-refractivity contribution in [3.8, 4) is 0 Å². The molecule has 0 saturated carbocycles. The fourth-order valence-corrected chi connectivity index (χ4v) is 1.10. The van der Waals surface area contributed by atoms with Crippen LogP contribution >= 0.6 is 0 Å². The Morgan fingerprint density at radius 2 is 1.50 bits per heavy atom. The van der Waals surface area contributed by atoms with Gasteiger partial charge in [0.05, 0.1) is 0 Å². The zero-order chi connectivity index (χ0) is 11.6. The third-order valence-corrected chi connectivity index (χ3v) is 2.16. The quantitative estimate of drug-likeness (QED) is 0.525. The third-order valence-electron chi connectivity index (χ3n) is 2.16. The second-order valence-corrected chi connectivity index (χ2v) is 2.92. The van der Waals surface area contributed by atoms with Gasteiger partial charge in [-0.1, -0.05) is 45.4 Å². The Morgan fingerprint density at radius 1 is 1.00 bits per heavy atom. The van der Waals surface area contributed by atoms with Gasteiger partial charge in [0.15, 0.2) is 0 Å². The number of nitrogens with zero attached hydrogens (tertiary/aromatic N) is 1. The molecule has 0 aromatic carbocycles. The highest BCUT2D eigenvalue weighted by Gasteiger charge is 2.02. The lowest BCUT2D eigenvalue weighted by Crippen LogP contribution is -2.15. The lowest BCUT2D eigenvalue weighted by atomic mass is 10.2. The van der Waals surface area contributed by atoms with Crippen molar-refractivity contribution in [1.29, 1.82) is 0 Å². The lowest BCUT2D eigenvalue weighted by Gasteiger charge is -2.18. The van der Waals surface area contributed by atoms with Crippen molar-refractivity contribution in [3.05, 3.63) is 23.4 Å².